The zero-order chi connectivity index (χ0) is 23.1. The third-order valence-electron chi connectivity index (χ3n) is 4.01. The molecule has 0 spiro atoms. The molecule has 1 aliphatic heterocycles. The van der Waals surface area contributed by atoms with E-state index in [1.165, 1.54) is 6.92 Å². The van der Waals surface area contributed by atoms with Gasteiger partial charge in [-0.05, 0) is 24.3 Å². The molecule has 1 fully saturated rings. The number of ether oxygens (including phenoxy) is 6. The monoisotopic (exact) mass is 502 g/mol. The highest BCUT2D eigenvalue weighted by atomic mass is 79.9. The van der Waals surface area contributed by atoms with Gasteiger partial charge < -0.3 is 28.4 Å². The lowest BCUT2D eigenvalue weighted by Gasteiger charge is -2.43. The van der Waals surface area contributed by atoms with Gasteiger partial charge in [0.1, 0.15) is 18.5 Å². The second-order valence-corrected chi connectivity index (χ2v) is 7.56. The third kappa shape index (κ3) is 7.51. The van der Waals surface area contributed by atoms with Gasteiger partial charge in [-0.2, -0.15) is 0 Å². The Balaban J connectivity index is 2.43. The number of hydrogen-bond donors (Lipinski definition) is 0. The molecule has 0 N–H and O–H groups in total. The average molecular weight is 503 g/mol. The van der Waals surface area contributed by atoms with Gasteiger partial charge in [0, 0.05) is 32.2 Å². The number of hydrogen-bond acceptors (Lipinski definition) is 10. The highest BCUT2D eigenvalue weighted by molar-refractivity contribution is 9.10. The summed E-state index contributed by atoms with van der Waals surface area (Å²) in [5.74, 6) is -2.34. The SMILES string of the molecule is CC(=O)OCC1O[C@H](Oc2ccc(Br)cc2)C(OC(C)=O)C(OC(C)=O)[C@@H]1OC(C)=O. The summed E-state index contributed by atoms with van der Waals surface area (Å²) in [5, 5.41) is 0. The molecule has 1 aromatic carbocycles. The van der Waals surface area contributed by atoms with Crippen molar-refractivity contribution in [3.63, 3.8) is 0 Å². The maximum absolute atomic E-state index is 11.8. The van der Waals surface area contributed by atoms with Crippen molar-refractivity contribution in [1.29, 1.82) is 0 Å². The lowest BCUT2D eigenvalue weighted by Crippen LogP contribution is -2.63. The molecule has 170 valence electrons. The molecule has 0 radical (unpaired) electrons. The van der Waals surface area contributed by atoms with Crippen molar-refractivity contribution in [3.8, 4) is 5.75 Å². The topological polar surface area (TPSA) is 124 Å². The van der Waals surface area contributed by atoms with Gasteiger partial charge in [0.2, 0.25) is 12.4 Å². The first-order valence-electron chi connectivity index (χ1n) is 9.29. The first-order chi connectivity index (χ1) is 14.6. The number of halogens is 1. The van der Waals surface area contributed by atoms with Gasteiger partial charge in [-0.25, -0.2) is 0 Å². The van der Waals surface area contributed by atoms with Crippen LogP contribution in [0.3, 0.4) is 0 Å². The Hall–Kier alpha value is -2.66. The number of esters is 4. The standard InChI is InChI=1S/C20H23BrO10/c1-10(22)26-9-16-17(27-11(2)23)18(28-12(3)24)19(29-13(4)25)20(31-16)30-15-7-5-14(21)6-8-15/h5-8,16-20H,9H2,1-4H3/t16?,17-,18?,19?,20+/m1/s1. The summed E-state index contributed by atoms with van der Waals surface area (Å²) >= 11 is 3.32. The molecule has 0 aromatic heterocycles. The van der Waals surface area contributed by atoms with Crippen molar-refractivity contribution in [2.45, 2.75) is 58.4 Å². The van der Waals surface area contributed by atoms with Crippen LogP contribution >= 0.6 is 15.9 Å². The van der Waals surface area contributed by atoms with Crippen LogP contribution in [0.2, 0.25) is 0 Å². The zero-order valence-electron chi connectivity index (χ0n) is 17.4. The first kappa shape index (κ1) is 24.6. The second-order valence-electron chi connectivity index (χ2n) is 6.64. The van der Waals surface area contributed by atoms with E-state index in [2.05, 4.69) is 15.9 Å². The van der Waals surface area contributed by atoms with E-state index < -0.39 is 54.6 Å². The lowest BCUT2D eigenvalue weighted by atomic mass is 9.98. The molecule has 2 rings (SSSR count). The Morgan fingerprint density at radius 2 is 1.32 bits per heavy atom. The summed E-state index contributed by atoms with van der Waals surface area (Å²) in [4.78, 5) is 46.5. The van der Waals surface area contributed by atoms with Crippen LogP contribution in [0.5, 0.6) is 5.75 Å². The third-order valence-corrected chi connectivity index (χ3v) is 4.54. The summed E-state index contributed by atoms with van der Waals surface area (Å²) in [5.41, 5.74) is 0. The highest BCUT2D eigenvalue weighted by Crippen LogP contribution is 2.31. The second kappa shape index (κ2) is 11.1. The average Bonchev–Trinajstić information content (AvgIpc) is 2.65. The number of carbonyl (C=O) groups excluding carboxylic acids is 4. The predicted molar refractivity (Wildman–Crippen MR) is 107 cm³/mol. The molecule has 0 bridgehead atoms. The highest BCUT2D eigenvalue weighted by Gasteiger charge is 2.53. The van der Waals surface area contributed by atoms with Gasteiger partial charge in [0.25, 0.3) is 0 Å². The van der Waals surface area contributed by atoms with Gasteiger partial charge >= 0.3 is 23.9 Å². The summed E-state index contributed by atoms with van der Waals surface area (Å²) in [6.07, 6.45) is -6.11. The predicted octanol–water partition coefficient (Wildman–Crippen LogP) is 1.91. The van der Waals surface area contributed by atoms with Crippen molar-refractivity contribution in [3.05, 3.63) is 28.7 Å². The van der Waals surface area contributed by atoms with Crippen LogP contribution in [0.1, 0.15) is 27.7 Å². The molecule has 11 heteroatoms. The van der Waals surface area contributed by atoms with Crippen molar-refractivity contribution in [1.82, 2.24) is 0 Å². The van der Waals surface area contributed by atoms with Crippen molar-refractivity contribution in [2.24, 2.45) is 0 Å². The maximum Gasteiger partial charge on any atom is 0.303 e. The molecule has 1 aromatic rings. The van der Waals surface area contributed by atoms with Gasteiger partial charge in [0.15, 0.2) is 12.2 Å². The van der Waals surface area contributed by atoms with E-state index in [1.54, 1.807) is 24.3 Å². The summed E-state index contributed by atoms with van der Waals surface area (Å²) < 4.78 is 33.5. The van der Waals surface area contributed by atoms with Crippen LogP contribution in [0, 0.1) is 0 Å². The zero-order valence-corrected chi connectivity index (χ0v) is 18.9. The Labute approximate surface area is 187 Å². The van der Waals surface area contributed by atoms with E-state index in [1.807, 2.05) is 0 Å². The van der Waals surface area contributed by atoms with Crippen LogP contribution in [0.15, 0.2) is 28.7 Å². The molecule has 31 heavy (non-hydrogen) atoms. The van der Waals surface area contributed by atoms with Crippen molar-refractivity contribution < 1.29 is 47.6 Å². The smallest absolute Gasteiger partial charge is 0.303 e. The molecule has 10 nitrogen and oxygen atoms in total. The fourth-order valence-corrected chi connectivity index (χ4v) is 3.20. The molecular formula is C20H23BrO10. The van der Waals surface area contributed by atoms with Crippen molar-refractivity contribution >= 4 is 39.8 Å². The van der Waals surface area contributed by atoms with Crippen LogP contribution in [-0.4, -0.2) is 61.2 Å². The normalized spacial score (nSPS) is 25.1. The summed E-state index contributed by atoms with van der Waals surface area (Å²) in [6, 6.07) is 6.72. The number of carbonyl (C=O) groups is 4. The van der Waals surface area contributed by atoms with Gasteiger partial charge in [-0.1, -0.05) is 15.9 Å². The van der Waals surface area contributed by atoms with E-state index >= 15 is 0 Å². The van der Waals surface area contributed by atoms with E-state index in [4.69, 9.17) is 28.4 Å². The molecule has 5 atom stereocenters. The van der Waals surface area contributed by atoms with E-state index in [0.717, 1.165) is 25.2 Å². The lowest BCUT2D eigenvalue weighted by molar-refractivity contribution is -0.288. The van der Waals surface area contributed by atoms with Gasteiger partial charge in [-0.15, -0.1) is 0 Å². The Kier molecular flexibility index (Phi) is 8.81. The van der Waals surface area contributed by atoms with Crippen LogP contribution in [0.25, 0.3) is 0 Å². The van der Waals surface area contributed by atoms with Gasteiger partial charge in [0.05, 0.1) is 0 Å². The fourth-order valence-electron chi connectivity index (χ4n) is 2.93. The minimum absolute atomic E-state index is 0.321. The summed E-state index contributed by atoms with van der Waals surface area (Å²) in [6.45, 7) is 4.34. The molecular weight excluding hydrogens is 480 g/mol. The molecule has 0 aliphatic carbocycles. The number of rotatable bonds is 7. The van der Waals surface area contributed by atoms with E-state index in [9.17, 15) is 19.2 Å². The Morgan fingerprint density at radius 3 is 1.84 bits per heavy atom. The fraction of sp³-hybridized carbons (Fsp3) is 0.500. The van der Waals surface area contributed by atoms with Crippen LogP contribution < -0.4 is 4.74 Å². The van der Waals surface area contributed by atoms with Crippen LogP contribution in [0.4, 0.5) is 0 Å². The molecule has 3 unspecified atom stereocenters. The molecule has 1 aliphatic rings. The minimum Gasteiger partial charge on any atom is -0.463 e. The maximum atomic E-state index is 11.8. The Bertz CT molecular complexity index is 809. The first-order valence-corrected chi connectivity index (χ1v) is 10.1. The number of benzene rings is 1. The minimum atomic E-state index is -1.28. The van der Waals surface area contributed by atoms with E-state index in [0.29, 0.717) is 5.75 Å². The molecule has 0 saturated carbocycles. The Morgan fingerprint density at radius 1 is 0.806 bits per heavy atom. The largest absolute Gasteiger partial charge is 0.463 e. The van der Waals surface area contributed by atoms with Crippen LogP contribution in [-0.2, 0) is 42.9 Å². The quantitative estimate of drug-likeness (QED) is 0.403. The molecule has 1 heterocycles. The van der Waals surface area contributed by atoms with Crippen molar-refractivity contribution in [2.75, 3.05) is 6.61 Å². The molecule has 1 saturated heterocycles. The van der Waals surface area contributed by atoms with E-state index in [-0.39, 0.29) is 6.61 Å². The molecule has 0 amide bonds. The van der Waals surface area contributed by atoms with Gasteiger partial charge in [-0.3, -0.25) is 19.2 Å². The summed E-state index contributed by atoms with van der Waals surface area (Å²) in [7, 11) is 0.